The van der Waals surface area contributed by atoms with Gasteiger partial charge in [-0.25, -0.2) is 0 Å². The summed E-state index contributed by atoms with van der Waals surface area (Å²) in [6, 6.07) is 22.1. The number of likely N-dealkylation sites (N-methyl/N-ethyl adjacent to an activating group) is 1. The van der Waals surface area contributed by atoms with Crippen LogP contribution in [0.15, 0.2) is 79.0 Å². The Labute approximate surface area is 185 Å². The molecule has 2 N–H and O–H groups in total. The summed E-state index contributed by atoms with van der Waals surface area (Å²) in [7, 11) is 3.35. The lowest BCUT2D eigenvalue weighted by Crippen LogP contribution is -2.44. The number of methoxy groups -OCH3 is 1. The standard InChI is InChI=1S/C26H23N3O3/c1-29-24(21-15-27-22-13-6-5-10-18(21)22)23(19-11-3-4-12-20(19)26(29)31)25(30)28-16-8-7-9-17(14-16)32-2/h3-15,23-24,27H,1-2H3,(H,28,30). The highest BCUT2D eigenvalue weighted by Crippen LogP contribution is 2.44. The van der Waals surface area contributed by atoms with Crippen LogP contribution in [-0.2, 0) is 4.79 Å². The minimum absolute atomic E-state index is 0.0960. The molecule has 6 nitrogen and oxygen atoms in total. The number of fused-ring (bicyclic) bond motifs is 2. The molecule has 2 amide bonds. The molecule has 0 aliphatic carbocycles. The fourth-order valence-electron chi connectivity index (χ4n) is 4.61. The second kappa shape index (κ2) is 7.89. The first kappa shape index (κ1) is 19.9. The topological polar surface area (TPSA) is 74.4 Å². The molecule has 3 aromatic carbocycles. The number of rotatable bonds is 4. The van der Waals surface area contributed by atoms with Gasteiger partial charge in [0.05, 0.1) is 19.1 Å². The van der Waals surface area contributed by atoms with Gasteiger partial charge >= 0.3 is 0 Å². The number of nitrogens with one attached hydrogen (secondary N) is 2. The quantitative estimate of drug-likeness (QED) is 0.497. The van der Waals surface area contributed by atoms with E-state index in [-0.39, 0.29) is 11.8 Å². The third kappa shape index (κ3) is 3.21. The fourth-order valence-corrected chi connectivity index (χ4v) is 4.61. The van der Waals surface area contributed by atoms with E-state index in [1.54, 1.807) is 31.2 Å². The Morgan fingerprint density at radius 3 is 2.62 bits per heavy atom. The van der Waals surface area contributed by atoms with Crippen molar-refractivity contribution < 1.29 is 14.3 Å². The Bertz CT molecular complexity index is 1330. The van der Waals surface area contributed by atoms with Crippen molar-refractivity contribution in [3.8, 4) is 5.75 Å². The average molecular weight is 425 g/mol. The molecule has 5 rings (SSSR count). The highest BCUT2D eigenvalue weighted by Gasteiger charge is 2.43. The number of hydrogen-bond acceptors (Lipinski definition) is 3. The van der Waals surface area contributed by atoms with Crippen molar-refractivity contribution in [2.24, 2.45) is 0 Å². The zero-order chi connectivity index (χ0) is 22.2. The molecule has 0 fully saturated rings. The number of benzene rings is 3. The molecule has 4 aromatic rings. The van der Waals surface area contributed by atoms with Gasteiger partial charge in [-0.05, 0) is 29.8 Å². The molecule has 0 spiro atoms. The molecule has 2 heterocycles. The number of carbonyl (C=O) groups is 2. The summed E-state index contributed by atoms with van der Waals surface area (Å²) in [4.78, 5) is 31.9. The highest BCUT2D eigenvalue weighted by molar-refractivity contribution is 6.05. The van der Waals surface area contributed by atoms with E-state index in [1.165, 1.54) is 0 Å². The first-order valence-corrected chi connectivity index (χ1v) is 10.5. The van der Waals surface area contributed by atoms with Gasteiger partial charge in [0.2, 0.25) is 5.91 Å². The number of aromatic amines is 1. The lowest BCUT2D eigenvalue weighted by atomic mass is 9.79. The van der Waals surface area contributed by atoms with Crippen LogP contribution < -0.4 is 10.1 Å². The molecule has 0 saturated carbocycles. The summed E-state index contributed by atoms with van der Waals surface area (Å²) in [6.45, 7) is 0. The Balaban J connectivity index is 1.63. The number of nitrogens with zero attached hydrogens (tertiary/aromatic N) is 1. The molecule has 1 aliphatic heterocycles. The van der Waals surface area contributed by atoms with E-state index in [0.29, 0.717) is 17.0 Å². The minimum Gasteiger partial charge on any atom is -0.497 e. The van der Waals surface area contributed by atoms with Crippen molar-refractivity contribution in [3.63, 3.8) is 0 Å². The van der Waals surface area contributed by atoms with Gasteiger partial charge < -0.3 is 19.9 Å². The fraction of sp³-hybridized carbons (Fsp3) is 0.154. The van der Waals surface area contributed by atoms with E-state index >= 15 is 0 Å². The van der Waals surface area contributed by atoms with Crippen LogP contribution in [0.25, 0.3) is 10.9 Å². The number of anilines is 1. The van der Waals surface area contributed by atoms with Gasteiger partial charge in [-0.15, -0.1) is 0 Å². The monoisotopic (exact) mass is 425 g/mol. The van der Waals surface area contributed by atoms with Crippen molar-refractivity contribution in [2.45, 2.75) is 12.0 Å². The number of aromatic nitrogens is 1. The summed E-state index contributed by atoms with van der Waals surface area (Å²) in [5.41, 5.74) is 3.80. The molecule has 2 atom stereocenters. The molecule has 0 bridgehead atoms. The molecule has 6 heteroatoms. The second-order valence-corrected chi connectivity index (χ2v) is 7.94. The summed E-state index contributed by atoms with van der Waals surface area (Å²) < 4.78 is 5.29. The average Bonchev–Trinajstić information content (AvgIpc) is 3.25. The van der Waals surface area contributed by atoms with Crippen LogP contribution in [0, 0.1) is 0 Å². The number of H-pyrrole nitrogens is 1. The number of amides is 2. The summed E-state index contributed by atoms with van der Waals surface area (Å²) in [6.07, 6.45) is 1.90. The molecule has 2 unspecified atom stereocenters. The smallest absolute Gasteiger partial charge is 0.254 e. The lowest BCUT2D eigenvalue weighted by Gasteiger charge is -2.39. The van der Waals surface area contributed by atoms with Gasteiger partial charge in [-0.1, -0.05) is 42.5 Å². The molecule has 0 radical (unpaired) electrons. The van der Waals surface area contributed by atoms with Crippen LogP contribution in [0.5, 0.6) is 5.75 Å². The third-order valence-electron chi connectivity index (χ3n) is 6.14. The summed E-state index contributed by atoms with van der Waals surface area (Å²) in [5, 5.41) is 4.03. The molecule has 1 aliphatic rings. The van der Waals surface area contributed by atoms with E-state index in [4.69, 9.17) is 4.74 Å². The number of carbonyl (C=O) groups excluding carboxylic acids is 2. The van der Waals surface area contributed by atoms with Crippen molar-refractivity contribution in [1.82, 2.24) is 9.88 Å². The SMILES string of the molecule is COc1cccc(NC(=O)C2c3ccccc3C(=O)N(C)C2c2c[nH]c3ccccc23)c1. The maximum Gasteiger partial charge on any atom is 0.254 e. The van der Waals surface area contributed by atoms with E-state index in [2.05, 4.69) is 10.3 Å². The number of ether oxygens (including phenoxy) is 1. The molecular weight excluding hydrogens is 402 g/mol. The maximum absolute atomic E-state index is 13.7. The minimum atomic E-state index is -0.584. The molecular formula is C26H23N3O3. The van der Waals surface area contributed by atoms with E-state index in [9.17, 15) is 9.59 Å². The maximum atomic E-state index is 13.7. The van der Waals surface area contributed by atoms with Gasteiger partial charge in [-0.3, -0.25) is 9.59 Å². The molecule has 0 saturated heterocycles. The zero-order valence-electron chi connectivity index (χ0n) is 17.8. The molecule has 1 aromatic heterocycles. The van der Waals surface area contributed by atoms with Gasteiger partial charge in [0.15, 0.2) is 0 Å². The highest BCUT2D eigenvalue weighted by atomic mass is 16.5. The van der Waals surface area contributed by atoms with Gasteiger partial charge in [0.1, 0.15) is 5.75 Å². The Kier molecular flexibility index (Phi) is 4.90. The first-order valence-electron chi connectivity index (χ1n) is 10.5. The number of hydrogen-bond donors (Lipinski definition) is 2. The predicted octanol–water partition coefficient (Wildman–Crippen LogP) is 4.73. The lowest BCUT2D eigenvalue weighted by molar-refractivity contribution is -0.119. The third-order valence-corrected chi connectivity index (χ3v) is 6.14. The normalized spacial score (nSPS) is 17.8. The Morgan fingerprint density at radius 2 is 1.78 bits per heavy atom. The Hall–Kier alpha value is -4.06. The van der Waals surface area contributed by atoms with Crippen LogP contribution in [0.3, 0.4) is 0 Å². The molecule has 160 valence electrons. The van der Waals surface area contributed by atoms with Crippen molar-refractivity contribution in [2.75, 3.05) is 19.5 Å². The van der Waals surface area contributed by atoms with Gasteiger partial charge in [-0.2, -0.15) is 0 Å². The van der Waals surface area contributed by atoms with Crippen LogP contribution in [0.1, 0.15) is 33.4 Å². The van der Waals surface area contributed by atoms with Crippen molar-refractivity contribution in [1.29, 1.82) is 0 Å². The van der Waals surface area contributed by atoms with Gasteiger partial charge in [0, 0.05) is 47.0 Å². The van der Waals surface area contributed by atoms with Gasteiger partial charge in [0.25, 0.3) is 5.91 Å². The first-order chi connectivity index (χ1) is 15.6. The Morgan fingerprint density at radius 1 is 1.00 bits per heavy atom. The second-order valence-electron chi connectivity index (χ2n) is 7.94. The molecule has 32 heavy (non-hydrogen) atoms. The summed E-state index contributed by atoms with van der Waals surface area (Å²) in [5.74, 6) is -0.201. The van der Waals surface area contributed by atoms with Crippen LogP contribution >= 0.6 is 0 Å². The van der Waals surface area contributed by atoms with Crippen LogP contribution in [-0.4, -0.2) is 35.9 Å². The van der Waals surface area contributed by atoms with E-state index < -0.39 is 12.0 Å². The zero-order valence-corrected chi connectivity index (χ0v) is 17.8. The predicted molar refractivity (Wildman–Crippen MR) is 124 cm³/mol. The van der Waals surface area contributed by atoms with Crippen LogP contribution in [0.4, 0.5) is 5.69 Å². The largest absolute Gasteiger partial charge is 0.497 e. The van der Waals surface area contributed by atoms with Crippen molar-refractivity contribution in [3.05, 3.63) is 95.7 Å². The number of para-hydroxylation sites is 1. The van der Waals surface area contributed by atoms with Crippen LogP contribution in [0.2, 0.25) is 0 Å². The van der Waals surface area contributed by atoms with E-state index in [1.807, 2.05) is 66.9 Å². The van der Waals surface area contributed by atoms with Crippen molar-refractivity contribution >= 4 is 28.4 Å². The van der Waals surface area contributed by atoms with E-state index in [0.717, 1.165) is 22.0 Å². The summed E-state index contributed by atoms with van der Waals surface area (Å²) >= 11 is 0.